The van der Waals surface area contributed by atoms with Crippen LogP contribution in [0.1, 0.15) is 40.0 Å². The first-order valence-corrected chi connectivity index (χ1v) is 12.3. The van der Waals surface area contributed by atoms with Crippen LogP contribution in [-0.2, 0) is 9.09 Å². The molecule has 5 heteroatoms. The fourth-order valence-electron chi connectivity index (χ4n) is 4.21. The molecule has 0 unspecified atom stereocenters. The van der Waals surface area contributed by atoms with Gasteiger partial charge in [0, 0.05) is 25.5 Å². The first-order valence-electron chi connectivity index (χ1n) is 10.7. The Balaban J connectivity index is 1.90. The summed E-state index contributed by atoms with van der Waals surface area (Å²) in [6, 6.07) is 17.6. The Hall–Kier alpha value is -1.77. The minimum absolute atomic E-state index is 0.00154. The van der Waals surface area contributed by atoms with Crippen LogP contribution in [0.5, 0.6) is 0 Å². The molecule has 4 nitrogen and oxygen atoms in total. The molecule has 0 bridgehead atoms. The Morgan fingerprint density at radius 3 is 2.28 bits per heavy atom. The molecule has 0 aromatic heterocycles. The molecule has 4 atom stereocenters. The Morgan fingerprint density at radius 2 is 1.69 bits per heavy atom. The van der Waals surface area contributed by atoms with E-state index in [2.05, 4.69) is 25.9 Å². The maximum Gasteiger partial charge on any atom is 0.324 e. The monoisotopic (exact) mass is 414 g/mol. The fourth-order valence-corrected chi connectivity index (χ4v) is 6.19. The molecule has 0 aliphatic heterocycles. The highest BCUT2D eigenvalue weighted by Gasteiger charge is 2.38. The molecule has 0 heterocycles. The SMILES string of the molecule is CC(C)[C@@H]1CC[C@H](C)C[C@H]1O[P@](=O)(Nc1ccc(N(C)C)cc1)c1ccccc1. The van der Waals surface area contributed by atoms with E-state index >= 15 is 0 Å². The van der Waals surface area contributed by atoms with Crippen molar-refractivity contribution < 1.29 is 9.09 Å². The Bertz CT molecular complexity index is 821. The molecule has 1 fully saturated rings. The topological polar surface area (TPSA) is 41.6 Å². The summed E-state index contributed by atoms with van der Waals surface area (Å²) in [5.74, 6) is 1.54. The zero-order valence-corrected chi connectivity index (χ0v) is 19.2. The molecule has 1 saturated carbocycles. The van der Waals surface area contributed by atoms with Crippen LogP contribution in [0.15, 0.2) is 54.6 Å². The normalized spacial score (nSPS) is 24.1. The number of hydrogen-bond acceptors (Lipinski definition) is 3. The molecule has 158 valence electrons. The average Bonchev–Trinajstić information content (AvgIpc) is 2.69. The lowest BCUT2D eigenvalue weighted by atomic mass is 9.75. The van der Waals surface area contributed by atoms with Crippen molar-refractivity contribution in [2.24, 2.45) is 17.8 Å². The minimum Gasteiger partial charge on any atom is -0.378 e. The van der Waals surface area contributed by atoms with Crippen molar-refractivity contribution in [3.63, 3.8) is 0 Å². The van der Waals surface area contributed by atoms with Crippen molar-refractivity contribution in [1.82, 2.24) is 0 Å². The Morgan fingerprint density at radius 1 is 1.03 bits per heavy atom. The number of nitrogens with zero attached hydrogens (tertiary/aromatic N) is 1. The number of rotatable bonds is 7. The second kappa shape index (κ2) is 9.36. The van der Waals surface area contributed by atoms with Crippen LogP contribution in [0, 0.1) is 17.8 Å². The fraction of sp³-hybridized carbons (Fsp3) is 0.500. The first-order chi connectivity index (χ1) is 13.8. The van der Waals surface area contributed by atoms with Gasteiger partial charge < -0.3 is 14.5 Å². The van der Waals surface area contributed by atoms with Gasteiger partial charge in [-0.15, -0.1) is 0 Å². The van der Waals surface area contributed by atoms with E-state index in [1.807, 2.05) is 73.6 Å². The molecule has 3 rings (SSSR count). The number of hydrogen-bond donors (Lipinski definition) is 1. The summed E-state index contributed by atoms with van der Waals surface area (Å²) in [7, 11) is 0.753. The van der Waals surface area contributed by atoms with Crippen LogP contribution in [0.3, 0.4) is 0 Å². The van der Waals surface area contributed by atoms with Crippen molar-refractivity contribution >= 4 is 24.2 Å². The van der Waals surface area contributed by atoms with Crippen LogP contribution in [0.25, 0.3) is 0 Å². The van der Waals surface area contributed by atoms with Gasteiger partial charge in [0.1, 0.15) is 0 Å². The maximum atomic E-state index is 14.2. The summed E-state index contributed by atoms with van der Waals surface area (Å²) in [5.41, 5.74) is 1.92. The van der Waals surface area contributed by atoms with Gasteiger partial charge >= 0.3 is 7.52 Å². The summed E-state index contributed by atoms with van der Waals surface area (Å²) < 4.78 is 20.7. The second-order valence-corrected chi connectivity index (χ2v) is 11.0. The van der Waals surface area contributed by atoms with E-state index in [0.717, 1.165) is 29.5 Å². The highest BCUT2D eigenvalue weighted by atomic mass is 31.2. The number of anilines is 2. The zero-order valence-electron chi connectivity index (χ0n) is 18.3. The van der Waals surface area contributed by atoms with Gasteiger partial charge in [-0.3, -0.25) is 4.57 Å². The van der Waals surface area contributed by atoms with Gasteiger partial charge in [-0.2, -0.15) is 0 Å². The largest absolute Gasteiger partial charge is 0.378 e. The van der Waals surface area contributed by atoms with Crippen LogP contribution < -0.4 is 15.3 Å². The third-order valence-electron chi connectivity index (χ3n) is 6.00. The standard InChI is InChI=1S/C24H35N2O2P/c1-18(2)23-16-11-19(3)17-24(23)28-29(27,22-9-7-6-8-10-22)25-20-12-14-21(15-13-20)26(4)5/h6-10,12-15,18-19,23-24H,11,16-17H2,1-5H3,(H,25,27)/t19-,23-,24+,29-/m0/s1. The van der Waals surface area contributed by atoms with E-state index in [4.69, 9.17) is 4.52 Å². The highest BCUT2D eigenvalue weighted by Crippen LogP contribution is 2.51. The maximum absolute atomic E-state index is 14.2. The third-order valence-corrected chi connectivity index (χ3v) is 8.10. The average molecular weight is 415 g/mol. The molecule has 0 amide bonds. The molecule has 0 radical (unpaired) electrons. The van der Waals surface area contributed by atoms with Crippen molar-refractivity contribution in [3.05, 3.63) is 54.6 Å². The lowest BCUT2D eigenvalue weighted by Gasteiger charge is -2.39. The molecule has 0 spiro atoms. The van der Waals surface area contributed by atoms with Crippen LogP contribution >= 0.6 is 7.52 Å². The summed E-state index contributed by atoms with van der Waals surface area (Å²) in [4.78, 5) is 2.05. The van der Waals surface area contributed by atoms with E-state index < -0.39 is 7.52 Å². The molecule has 1 aliphatic carbocycles. The van der Waals surface area contributed by atoms with Gasteiger partial charge in [-0.05, 0) is 67.0 Å². The number of nitrogens with one attached hydrogen (secondary N) is 1. The van der Waals surface area contributed by atoms with Gasteiger partial charge in [0.15, 0.2) is 0 Å². The van der Waals surface area contributed by atoms with E-state index in [-0.39, 0.29) is 6.10 Å². The van der Waals surface area contributed by atoms with E-state index in [0.29, 0.717) is 17.8 Å². The number of benzene rings is 2. The summed E-state index contributed by atoms with van der Waals surface area (Å²) in [6.45, 7) is 6.77. The molecule has 0 saturated heterocycles. The third kappa shape index (κ3) is 5.43. The molecule has 1 N–H and O–H groups in total. The van der Waals surface area contributed by atoms with Gasteiger partial charge in [-0.25, -0.2) is 0 Å². The predicted molar refractivity (Wildman–Crippen MR) is 124 cm³/mol. The van der Waals surface area contributed by atoms with E-state index in [9.17, 15) is 4.57 Å². The molecule has 2 aromatic carbocycles. The van der Waals surface area contributed by atoms with Gasteiger partial charge in [0.05, 0.1) is 11.4 Å². The quantitative estimate of drug-likeness (QED) is 0.551. The Kier molecular flexibility index (Phi) is 7.08. The predicted octanol–water partition coefficient (Wildman–Crippen LogP) is 6.16. The lowest BCUT2D eigenvalue weighted by molar-refractivity contribution is 0.0506. The smallest absolute Gasteiger partial charge is 0.324 e. The molecular weight excluding hydrogens is 379 g/mol. The van der Waals surface area contributed by atoms with Crippen molar-refractivity contribution in [2.45, 2.75) is 46.1 Å². The minimum atomic E-state index is -3.27. The Labute approximate surface area is 176 Å². The highest BCUT2D eigenvalue weighted by molar-refractivity contribution is 7.68. The molecule has 29 heavy (non-hydrogen) atoms. The van der Waals surface area contributed by atoms with Crippen molar-refractivity contribution in [1.29, 1.82) is 0 Å². The summed E-state index contributed by atoms with van der Waals surface area (Å²) >= 11 is 0. The molecule has 2 aromatic rings. The van der Waals surface area contributed by atoms with Gasteiger partial charge in [0.2, 0.25) is 0 Å². The second-order valence-electron chi connectivity index (χ2n) is 8.91. The van der Waals surface area contributed by atoms with Crippen LogP contribution in [-0.4, -0.2) is 20.2 Å². The van der Waals surface area contributed by atoms with Crippen molar-refractivity contribution in [3.8, 4) is 0 Å². The van der Waals surface area contributed by atoms with Gasteiger partial charge in [-0.1, -0.05) is 45.4 Å². The van der Waals surface area contributed by atoms with Crippen LogP contribution in [0.2, 0.25) is 0 Å². The first kappa shape index (κ1) is 21.9. The van der Waals surface area contributed by atoms with Gasteiger partial charge in [0.25, 0.3) is 0 Å². The summed E-state index contributed by atoms with van der Waals surface area (Å²) in [6.07, 6.45) is 3.31. The zero-order chi connectivity index (χ0) is 21.0. The van der Waals surface area contributed by atoms with E-state index in [1.165, 1.54) is 6.42 Å². The van der Waals surface area contributed by atoms with Crippen molar-refractivity contribution in [2.75, 3.05) is 24.1 Å². The summed E-state index contributed by atoms with van der Waals surface area (Å²) in [5, 5.41) is 3.99. The molecule has 1 aliphatic rings. The lowest BCUT2D eigenvalue weighted by Crippen LogP contribution is -2.35. The van der Waals surface area contributed by atoms with Crippen LogP contribution in [0.4, 0.5) is 11.4 Å². The van der Waals surface area contributed by atoms with E-state index in [1.54, 1.807) is 0 Å². The molecular formula is C24H35N2O2P.